The van der Waals surface area contributed by atoms with E-state index >= 15 is 0 Å². The number of hydrogen-bond donors (Lipinski definition) is 4. The van der Waals surface area contributed by atoms with Crippen molar-refractivity contribution in [2.24, 2.45) is 0 Å². The summed E-state index contributed by atoms with van der Waals surface area (Å²) in [6.45, 7) is 2.52. The maximum absolute atomic E-state index is 12.6. The molecule has 1 atom stereocenters. The van der Waals surface area contributed by atoms with Crippen molar-refractivity contribution in [2.75, 3.05) is 18.4 Å². The van der Waals surface area contributed by atoms with Crippen LogP contribution >= 0.6 is 0 Å². The lowest BCUT2D eigenvalue weighted by Gasteiger charge is -2.28. The van der Waals surface area contributed by atoms with E-state index in [-0.39, 0.29) is 11.3 Å². The number of aromatic carboxylic acids is 1. The van der Waals surface area contributed by atoms with Crippen LogP contribution in [0.2, 0.25) is 0 Å². The SMILES string of the molecule is O=C(O)c1cc(NCCN(Cc2ccccn2)Cc2ccccn2)ccc1C1=C2C=CC(O)C=C2Oc2cc(O)ccc21. The molecule has 0 radical (unpaired) electrons. The summed E-state index contributed by atoms with van der Waals surface area (Å²) in [6, 6.07) is 21.7. The first-order chi connectivity index (χ1) is 20.9. The highest BCUT2D eigenvalue weighted by Gasteiger charge is 2.29. The van der Waals surface area contributed by atoms with E-state index in [0.717, 1.165) is 11.4 Å². The zero-order chi connectivity index (χ0) is 29.8. The van der Waals surface area contributed by atoms with Gasteiger partial charge in [-0.1, -0.05) is 30.4 Å². The molecule has 4 aromatic rings. The average molecular weight is 575 g/mol. The van der Waals surface area contributed by atoms with Crippen molar-refractivity contribution in [3.05, 3.63) is 143 Å². The number of nitrogens with zero attached hydrogens (tertiary/aromatic N) is 3. The van der Waals surface area contributed by atoms with E-state index in [4.69, 9.17) is 4.74 Å². The molecule has 0 bridgehead atoms. The van der Waals surface area contributed by atoms with E-state index in [0.29, 0.717) is 65.6 Å². The van der Waals surface area contributed by atoms with E-state index in [9.17, 15) is 20.1 Å². The molecule has 2 aliphatic rings. The van der Waals surface area contributed by atoms with E-state index in [1.165, 1.54) is 12.1 Å². The summed E-state index contributed by atoms with van der Waals surface area (Å²) in [5, 5.41) is 33.9. The number of pyridine rings is 2. The van der Waals surface area contributed by atoms with Crippen LogP contribution in [0.4, 0.5) is 5.69 Å². The van der Waals surface area contributed by atoms with Crippen LogP contribution in [0.5, 0.6) is 11.5 Å². The summed E-state index contributed by atoms with van der Waals surface area (Å²) < 4.78 is 5.98. The minimum absolute atomic E-state index is 0.0205. The predicted octanol–water partition coefficient (Wildman–Crippen LogP) is 5.00. The Morgan fingerprint density at radius 1 is 0.930 bits per heavy atom. The number of benzene rings is 2. The molecule has 43 heavy (non-hydrogen) atoms. The van der Waals surface area contributed by atoms with Crippen LogP contribution in [0.25, 0.3) is 5.57 Å². The number of aromatic nitrogens is 2. The maximum Gasteiger partial charge on any atom is 0.336 e. The van der Waals surface area contributed by atoms with Crippen molar-refractivity contribution in [3.63, 3.8) is 0 Å². The average Bonchev–Trinajstić information content (AvgIpc) is 3.01. The number of nitrogens with one attached hydrogen (secondary N) is 1. The van der Waals surface area contributed by atoms with Gasteiger partial charge in [-0.2, -0.15) is 0 Å². The van der Waals surface area contributed by atoms with Crippen LogP contribution in [0.15, 0.2) is 115 Å². The van der Waals surface area contributed by atoms with Crippen LogP contribution in [0.1, 0.15) is 32.9 Å². The van der Waals surface area contributed by atoms with Crippen molar-refractivity contribution in [2.45, 2.75) is 19.2 Å². The lowest BCUT2D eigenvalue weighted by molar-refractivity contribution is 0.0696. The Kier molecular flexibility index (Phi) is 7.99. The van der Waals surface area contributed by atoms with Crippen molar-refractivity contribution in [3.8, 4) is 11.5 Å². The topological polar surface area (TPSA) is 128 Å². The molecular formula is C34H30N4O5. The number of aliphatic hydroxyl groups excluding tert-OH is 1. The predicted molar refractivity (Wildman–Crippen MR) is 162 cm³/mol. The second-order valence-electron chi connectivity index (χ2n) is 10.3. The Morgan fingerprint density at radius 3 is 2.33 bits per heavy atom. The fourth-order valence-corrected chi connectivity index (χ4v) is 5.29. The third-order valence-corrected chi connectivity index (χ3v) is 7.27. The number of rotatable bonds is 10. The first-order valence-electron chi connectivity index (χ1n) is 13.9. The second-order valence-corrected chi connectivity index (χ2v) is 10.3. The van der Waals surface area contributed by atoms with Crippen LogP contribution in [0.3, 0.4) is 0 Å². The maximum atomic E-state index is 12.6. The van der Waals surface area contributed by atoms with Crippen molar-refractivity contribution in [1.29, 1.82) is 0 Å². The number of allylic oxidation sites excluding steroid dienone is 1. The van der Waals surface area contributed by atoms with Crippen molar-refractivity contribution in [1.82, 2.24) is 14.9 Å². The molecular weight excluding hydrogens is 544 g/mol. The quantitative estimate of drug-likeness (QED) is 0.207. The Balaban J connectivity index is 1.26. The number of phenols is 1. The molecule has 1 unspecified atom stereocenters. The molecule has 0 saturated heterocycles. The second kappa shape index (κ2) is 12.3. The zero-order valence-electron chi connectivity index (χ0n) is 23.2. The van der Waals surface area contributed by atoms with Gasteiger partial charge in [-0.3, -0.25) is 14.9 Å². The number of anilines is 1. The molecule has 4 N–H and O–H groups in total. The normalized spacial score (nSPS) is 15.4. The Labute approximate surface area is 248 Å². The zero-order valence-corrected chi connectivity index (χ0v) is 23.2. The smallest absolute Gasteiger partial charge is 0.336 e. The highest BCUT2D eigenvalue weighted by atomic mass is 16.5. The highest BCUT2D eigenvalue weighted by molar-refractivity contribution is 6.01. The lowest BCUT2D eigenvalue weighted by atomic mass is 9.85. The Bertz CT molecular complexity index is 1690. The Hall–Kier alpha value is -5.25. The van der Waals surface area contributed by atoms with Crippen LogP contribution < -0.4 is 10.1 Å². The van der Waals surface area contributed by atoms with Crippen LogP contribution in [0, 0.1) is 0 Å². The van der Waals surface area contributed by atoms with Gasteiger partial charge in [0.2, 0.25) is 0 Å². The Morgan fingerprint density at radius 2 is 1.65 bits per heavy atom. The summed E-state index contributed by atoms with van der Waals surface area (Å²) >= 11 is 0. The number of carboxylic acid groups (broad SMARTS) is 1. The van der Waals surface area contributed by atoms with Gasteiger partial charge in [0, 0.05) is 67.0 Å². The number of aliphatic hydroxyl groups is 1. The van der Waals surface area contributed by atoms with E-state index in [2.05, 4.69) is 20.2 Å². The van der Waals surface area contributed by atoms with Gasteiger partial charge in [0.1, 0.15) is 17.3 Å². The molecule has 2 aromatic carbocycles. The van der Waals surface area contributed by atoms with Gasteiger partial charge in [-0.15, -0.1) is 0 Å². The fourth-order valence-electron chi connectivity index (χ4n) is 5.29. The molecule has 3 heterocycles. The van der Waals surface area contributed by atoms with Crippen LogP contribution in [-0.4, -0.2) is 55.4 Å². The molecule has 2 aromatic heterocycles. The number of carboxylic acids is 1. The molecule has 0 saturated carbocycles. The third-order valence-electron chi connectivity index (χ3n) is 7.27. The van der Waals surface area contributed by atoms with Gasteiger partial charge in [0.05, 0.1) is 23.1 Å². The molecule has 9 heteroatoms. The van der Waals surface area contributed by atoms with Gasteiger partial charge in [0.15, 0.2) is 0 Å². The minimum Gasteiger partial charge on any atom is -0.508 e. The van der Waals surface area contributed by atoms with Gasteiger partial charge in [-0.25, -0.2) is 4.79 Å². The third kappa shape index (κ3) is 6.33. The largest absolute Gasteiger partial charge is 0.508 e. The first kappa shape index (κ1) is 27.9. The number of ether oxygens (including phenoxy) is 1. The fraction of sp³-hybridized carbons (Fsp3) is 0.147. The molecule has 6 rings (SSSR count). The van der Waals surface area contributed by atoms with Crippen LogP contribution in [-0.2, 0) is 13.1 Å². The molecule has 9 nitrogen and oxygen atoms in total. The summed E-state index contributed by atoms with van der Waals surface area (Å²) in [7, 11) is 0. The number of phenolic OH excluding ortho intramolecular Hbond substituents is 1. The summed E-state index contributed by atoms with van der Waals surface area (Å²) in [6.07, 6.45) is 7.63. The van der Waals surface area contributed by atoms with Gasteiger partial charge >= 0.3 is 5.97 Å². The summed E-state index contributed by atoms with van der Waals surface area (Å²) in [5.74, 6) is -0.266. The molecule has 0 spiro atoms. The number of aromatic hydroxyl groups is 1. The summed E-state index contributed by atoms with van der Waals surface area (Å²) in [4.78, 5) is 23.7. The standard InChI is InChI=1S/C34H30N4O5/c39-25-8-11-28-31(18-25)43-32-19-26(40)9-12-29(32)33(28)27-10-7-22(17-30(27)34(41)42)37-15-16-38(20-23-5-1-3-13-35-23)21-24-6-2-4-14-36-24/h1-14,17-19,25,37,39-40H,15-16,20-21H2,(H,41,42). The number of fused-ring (bicyclic) bond motifs is 2. The highest BCUT2D eigenvalue weighted by Crippen LogP contribution is 2.45. The molecule has 0 fully saturated rings. The first-order valence-corrected chi connectivity index (χ1v) is 13.9. The van der Waals surface area contributed by atoms with Crippen molar-refractivity contribution >= 4 is 17.2 Å². The monoisotopic (exact) mass is 574 g/mol. The molecule has 0 amide bonds. The van der Waals surface area contributed by atoms with Gasteiger partial charge in [-0.05, 0) is 60.2 Å². The van der Waals surface area contributed by atoms with Gasteiger partial charge in [0.25, 0.3) is 0 Å². The molecule has 1 aliphatic carbocycles. The molecule has 216 valence electrons. The lowest BCUT2D eigenvalue weighted by Crippen LogP contribution is -2.29. The van der Waals surface area contributed by atoms with E-state index < -0.39 is 12.1 Å². The van der Waals surface area contributed by atoms with Gasteiger partial charge < -0.3 is 25.4 Å². The van der Waals surface area contributed by atoms with E-state index in [1.54, 1.807) is 48.8 Å². The summed E-state index contributed by atoms with van der Waals surface area (Å²) in [5.41, 5.74) is 5.15. The van der Waals surface area contributed by atoms with Crippen molar-refractivity contribution < 1.29 is 24.9 Å². The molecule has 1 aliphatic heterocycles. The number of carbonyl (C=O) groups is 1. The van der Waals surface area contributed by atoms with E-state index in [1.807, 2.05) is 42.5 Å². The number of hydrogen-bond acceptors (Lipinski definition) is 8. The minimum atomic E-state index is -1.07.